The Hall–Kier alpha value is -1.36. The second-order valence-corrected chi connectivity index (χ2v) is 3.68. The van der Waals surface area contributed by atoms with Crippen molar-refractivity contribution < 1.29 is 4.74 Å². The van der Waals surface area contributed by atoms with Crippen LogP contribution in [-0.2, 0) is 7.05 Å². The number of hydrogen-bond donors (Lipinski definition) is 0. The fourth-order valence-corrected chi connectivity index (χ4v) is 1.23. The minimum Gasteiger partial charge on any atom is -0.436 e. The monoisotopic (exact) mass is 253 g/mol. The third-order valence-corrected chi connectivity index (χ3v) is 2.07. The summed E-state index contributed by atoms with van der Waals surface area (Å²) in [6, 6.07) is 3.66. The van der Waals surface area contributed by atoms with Crippen LogP contribution in [0.25, 0.3) is 0 Å². The minimum atomic E-state index is 0.557. The Labute approximate surface area is 89.7 Å². The number of aryl methyl sites for hydroxylation is 1. The summed E-state index contributed by atoms with van der Waals surface area (Å²) in [6.45, 7) is 0. The summed E-state index contributed by atoms with van der Waals surface area (Å²) >= 11 is 3.30. The fourth-order valence-electron chi connectivity index (χ4n) is 0.995. The zero-order valence-corrected chi connectivity index (χ0v) is 9.10. The van der Waals surface area contributed by atoms with Crippen molar-refractivity contribution in [1.82, 2.24) is 14.8 Å². The van der Waals surface area contributed by atoms with Crippen molar-refractivity contribution in [3.63, 3.8) is 0 Å². The topological polar surface area (TPSA) is 39.9 Å². The standard InChI is InChI=1S/C9H8BrN3O/c1-13-6-8(5-12-13)14-9-3-2-7(10)4-11-9/h2-6H,1H3. The second kappa shape index (κ2) is 3.79. The zero-order chi connectivity index (χ0) is 9.97. The van der Waals surface area contributed by atoms with Crippen LogP contribution in [0.15, 0.2) is 35.2 Å². The van der Waals surface area contributed by atoms with Crippen LogP contribution in [0, 0.1) is 0 Å². The normalized spacial score (nSPS) is 10.1. The van der Waals surface area contributed by atoms with Gasteiger partial charge in [0.25, 0.3) is 0 Å². The summed E-state index contributed by atoms with van der Waals surface area (Å²) in [5.41, 5.74) is 0. The van der Waals surface area contributed by atoms with Crippen LogP contribution in [0.2, 0.25) is 0 Å². The van der Waals surface area contributed by atoms with Crippen LogP contribution >= 0.6 is 15.9 Å². The van der Waals surface area contributed by atoms with Crippen molar-refractivity contribution in [3.05, 3.63) is 35.2 Å². The van der Waals surface area contributed by atoms with Crippen molar-refractivity contribution in [2.24, 2.45) is 7.05 Å². The average Bonchev–Trinajstić information content (AvgIpc) is 2.56. The van der Waals surface area contributed by atoms with Crippen LogP contribution in [0.3, 0.4) is 0 Å². The van der Waals surface area contributed by atoms with Crippen LogP contribution in [0.4, 0.5) is 0 Å². The zero-order valence-electron chi connectivity index (χ0n) is 7.51. The highest BCUT2D eigenvalue weighted by atomic mass is 79.9. The van der Waals surface area contributed by atoms with Gasteiger partial charge in [0.1, 0.15) is 0 Å². The van der Waals surface area contributed by atoms with Gasteiger partial charge in [-0.2, -0.15) is 5.10 Å². The largest absolute Gasteiger partial charge is 0.436 e. The van der Waals surface area contributed by atoms with Gasteiger partial charge >= 0.3 is 0 Å². The van der Waals surface area contributed by atoms with Crippen molar-refractivity contribution in [1.29, 1.82) is 0 Å². The van der Waals surface area contributed by atoms with Crippen molar-refractivity contribution in [3.8, 4) is 11.6 Å². The molecule has 2 aromatic heterocycles. The molecule has 0 aliphatic rings. The lowest BCUT2D eigenvalue weighted by molar-refractivity contribution is 0.462. The number of halogens is 1. The van der Waals surface area contributed by atoms with Gasteiger partial charge in [0, 0.05) is 23.8 Å². The van der Waals surface area contributed by atoms with Gasteiger partial charge in [0.15, 0.2) is 5.75 Å². The molecule has 72 valence electrons. The first kappa shape index (κ1) is 9.21. The third-order valence-electron chi connectivity index (χ3n) is 1.60. The van der Waals surface area contributed by atoms with Gasteiger partial charge in [-0.3, -0.25) is 4.68 Å². The molecule has 2 heterocycles. The SMILES string of the molecule is Cn1cc(Oc2ccc(Br)cn2)cn1. The molecule has 0 aromatic carbocycles. The minimum absolute atomic E-state index is 0.557. The second-order valence-electron chi connectivity index (χ2n) is 2.77. The molecule has 5 heteroatoms. The Balaban J connectivity index is 2.15. The molecule has 0 amide bonds. The molecule has 0 saturated carbocycles. The molecule has 0 fully saturated rings. The molecule has 0 atom stereocenters. The summed E-state index contributed by atoms with van der Waals surface area (Å²) in [7, 11) is 1.84. The maximum Gasteiger partial charge on any atom is 0.219 e. The summed E-state index contributed by atoms with van der Waals surface area (Å²) in [5, 5.41) is 3.98. The van der Waals surface area contributed by atoms with Crippen molar-refractivity contribution in [2.45, 2.75) is 0 Å². The molecule has 0 bridgehead atoms. The molecule has 0 spiro atoms. The van der Waals surface area contributed by atoms with Crippen LogP contribution in [-0.4, -0.2) is 14.8 Å². The Morgan fingerprint density at radius 3 is 2.79 bits per heavy atom. The molecule has 14 heavy (non-hydrogen) atoms. The van der Waals surface area contributed by atoms with Crippen LogP contribution in [0.5, 0.6) is 11.6 Å². The molecule has 2 rings (SSSR count). The van der Waals surface area contributed by atoms with Crippen LogP contribution in [0.1, 0.15) is 0 Å². The molecule has 0 N–H and O–H groups in total. The summed E-state index contributed by atoms with van der Waals surface area (Å²) in [4.78, 5) is 4.08. The van der Waals surface area contributed by atoms with E-state index in [1.165, 1.54) is 0 Å². The molecule has 0 unspecified atom stereocenters. The molecule has 0 aliphatic heterocycles. The summed E-state index contributed by atoms with van der Waals surface area (Å²) in [6.07, 6.45) is 5.11. The molecular weight excluding hydrogens is 246 g/mol. The predicted molar refractivity (Wildman–Crippen MR) is 55.2 cm³/mol. The highest BCUT2D eigenvalue weighted by molar-refractivity contribution is 9.10. The molecule has 4 nitrogen and oxygen atoms in total. The Morgan fingerprint density at radius 2 is 2.21 bits per heavy atom. The van der Waals surface area contributed by atoms with E-state index in [9.17, 15) is 0 Å². The summed E-state index contributed by atoms with van der Waals surface area (Å²) in [5.74, 6) is 1.24. The molecule has 0 aliphatic carbocycles. The highest BCUT2D eigenvalue weighted by Gasteiger charge is 1.99. The van der Waals surface area contributed by atoms with E-state index in [-0.39, 0.29) is 0 Å². The lowest BCUT2D eigenvalue weighted by Crippen LogP contribution is -1.86. The van der Waals surface area contributed by atoms with E-state index >= 15 is 0 Å². The first-order chi connectivity index (χ1) is 6.74. The van der Waals surface area contributed by atoms with E-state index in [4.69, 9.17) is 4.74 Å². The number of ether oxygens (including phenoxy) is 1. The van der Waals surface area contributed by atoms with Gasteiger partial charge in [-0.15, -0.1) is 0 Å². The van der Waals surface area contributed by atoms with E-state index in [1.807, 2.05) is 13.1 Å². The summed E-state index contributed by atoms with van der Waals surface area (Å²) < 4.78 is 8.04. The van der Waals surface area contributed by atoms with E-state index in [0.29, 0.717) is 11.6 Å². The fraction of sp³-hybridized carbons (Fsp3) is 0.111. The number of hydrogen-bond acceptors (Lipinski definition) is 3. The van der Waals surface area contributed by atoms with Gasteiger partial charge in [0.05, 0.1) is 12.4 Å². The molecule has 2 aromatic rings. The molecule has 0 saturated heterocycles. The Morgan fingerprint density at radius 1 is 1.36 bits per heavy atom. The highest BCUT2D eigenvalue weighted by Crippen LogP contribution is 2.19. The number of nitrogens with zero attached hydrogens (tertiary/aromatic N) is 3. The van der Waals surface area contributed by atoms with Gasteiger partial charge in [-0.25, -0.2) is 4.98 Å². The van der Waals surface area contributed by atoms with E-state index < -0.39 is 0 Å². The van der Waals surface area contributed by atoms with Crippen LogP contribution < -0.4 is 4.74 Å². The first-order valence-corrected chi connectivity index (χ1v) is 4.81. The average molecular weight is 254 g/mol. The number of aromatic nitrogens is 3. The van der Waals surface area contributed by atoms with E-state index in [0.717, 1.165) is 4.47 Å². The third kappa shape index (κ3) is 2.11. The molecule has 0 radical (unpaired) electrons. The quantitative estimate of drug-likeness (QED) is 0.825. The van der Waals surface area contributed by atoms with Gasteiger partial charge in [0.2, 0.25) is 5.88 Å². The lowest BCUT2D eigenvalue weighted by Gasteiger charge is -2.00. The predicted octanol–water partition coefficient (Wildman–Crippen LogP) is 2.37. The van der Waals surface area contributed by atoms with Crippen molar-refractivity contribution >= 4 is 15.9 Å². The van der Waals surface area contributed by atoms with Gasteiger partial charge in [-0.1, -0.05) is 0 Å². The maximum absolute atomic E-state index is 5.44. The van der Waals surface area contributed by atoms with Crippen molar-refractivity contribution in [2.75, 3.05) is 0 Å². The molecular formula is C9H8BrN3O. The Kier molecular flexibility index (Phi) is 2.49. The lowest BCUT2D eigenvalue weighted by atomic mass is 10.5. The maximum atomic E-state index is 5.44. The smallest absolute Gasteiger partial charge is 0.219 e. The first-order valence-electron chi connectivity index (χ1n) is 4.02. The number of rotatable bonds is 2. The van der Waals surface area contributed by atoms with E-state index in [1.54, 1.807) is 29.3 Å². The Bertz CT molecular complexity index is 424. The number of pyridine rings is 1. The van der Waals surface area contributed by atoms with Gasteiger partial charge < -0.3 is 4.74 Å². The van der Waals surface area contributed by atoms with Gasteiger partial charge in [-0.05, 0) is 22.0 Å². The van der Waals surface area contributed by atoms with E-state index in [2.05, 4.69) is 26.0 Å².